The quantitative estimate of drug-likeness (QED) is 0.302. The summed E-state index contributed by atoms with van der Waals surface area (Å²) in [6, 6.07) is 5.15. The number of nitrogens with one attached hydrogen (secondary N) is 1. The van der Waals surface area contributed by atoms with Crippen molar-refractivity contribution in [1.82, 2.24) is 5.32 Å². The van der Waals surface area contributed by atoms with Crippen molar-refractivity contribution in [3.05, 3.63) is 29.3 Å². The van der Waals surface area contributed by atoms with Gasteiger partial charge in [0, 0.05) is 0 Å². The van der Waals surface area contributed by atoms with E-state index in [1.807, 2.05) is 19.4 Å². The first kappa shape index (κ1) is 15.1. The van der Waals surface area contributed by atoms with Crippen LogP contribution in [0, 0.1) is 18.4 Å². The van der Waals surface area contributed by atoms with Crippen molar-refractivity contribution in [3.63, 3.8) is 0 Å². The number of aryl methyl sites for hydroxylation is 1. The third kappa shape index (κ3) is 4.30. The number of hydrogen-bond acceptors (Lipinski definition) is 5. The molecule has 0 bridgehead atoms. The summed E-state index contributed by atoms with van der Waals surface area (Å²) < 4.78 is 4.94. The lowest BCUT2D eigenvalue weighted by atomic mass is 10.1. The largest absolute Gasteiger partial charge is 0.462 e. The standard InChI is InChI=1S/C13H15N3O2S/c1-4-18-12(17)10-6-5-9(2)11(7-10)16-13(19-3)15-8-14/h5-7H,4H2,1-3H3,(H,15,16). The predicted octanol–water partition coefficient (Wildman–Crippen LogP) is 2.59. The highest BCUT2D eigenvalue weighted by molar-refractivity contribution is 8.13. The molecule has 0 saturated heterocycles. The third-order valence-electron chi connectivity index (χ3n) is 2.30. The van der Waals surface area contributed by atoms with Crippen LogP contribution in [0.5, 0.6) is 0 Å². The Hall–Kier alpha value is -2.00. The zero-order valence-electron chi connectivity index (χ0n) is 11.1. The molecule has 0 spiro atoms. The second-order valence-corrected chi connectivity index (χ2v) is 4.37. The first-order chi connectivity index (χ1) is 9.12. The third-order valence-corrected chi connectivity index (χ3v) is 2.88. The van der Waals surface area contributed by atoms with Crippen LogP contribution in [0.3, 0.4) is 0 Å². The fraction of sp³-hybridized carbons (Fsp3) is 0.308. The van der Waals surface area contributed by atoms with Crippen LogP contribution >= 0.6 is 11.8 Å². The molecule has 6 heteroatoms. The average Bonchev–Trinajstić information content (AvgIpc) is 2.40. The van der Waals surface area contributed by atoms with Gasteiger partial charge in [-0.1, -0.05) is 17.8 Å². The molecule has 0 amide bonds. The van der Waals surface area contributed by atoms with Crippen molar-refractivity contribution in [2.45, 2.75) is 13.8 Å². The van der Waals surface area contributed by atoms with E-state index in [2.05, 4.69) is 10.3 Å². The van der Waals surface area contributed by atoms with E-state index in [0.717, 1.165) is 5.56 Å². The van der Waals surface area contributed by atoms with Gasteiger partial charge in [-0.15, -0.1) is 0 Å². The maximum absolute atomic E-state index is 11.6. The van der Waals surface area contributed by atoms with Gasteiger partial charge in [-0.25, -0.2) is 9.79 Å². The van der Waals surface area contributed by atoms with Crippen LogP contribution in [-0.4, -0.2) is 24.0 Å². The lowest BCUT2D eigenvalue weighted by molar-refractivity contribution is 0.0526. The Morgan fingerprint density at radius 3 is 2.89 bits per heavy atom. The van der Waals surface area contributed by atoms with Gasteiger partial charge in [0.15, 0.2) is 11.4 Å². The van der Waals surface area contributed by atoms with E-state index in [-0.39, 0.29) is 5.97 Å². The molecule has 1 aromatic rings. The molecule has 19 heavy (non-hydrogen) atoms. The fourth-order valence-corrected chi connectivity index (χ4v) is 1.69. The number of amidine groups is 1. The van der Waals surface area contributed by atoms with Crippen molar-refractivity contribution in [2.75, 3.05) is 12.9 Å². The summed E-state index contributed by atoms with van der Waals surface area (Å²) in [4.78, 5) is 16.0. The average molecular weight is 277 g/mol. The van der Waals surface area contributed by atoms with Crippen LogP contribution in [0.2, 0.25) is 0 Å². The number of hydrogen-bond donors (Lipinski definition) is 1. The van der Waals surface area contributed by atoms with Crippen LogP contribution < -0.4 is 5.32 Å². The van der Waals surface area contributed by atoms with E-state index >= 15 is 0 Å². The minimum atomic E-state index is -0.377. The Morgan fingerprint density at radius 2 is 2.32 bits per heavy atom. The number of benzene rings is 1. The van der Waals surface area contributed by atoms with Gasteiger partial charge in [-0.2, -0.15) is 5.26 Å². The number of ether oxygens (including phenoxy) is 1. The molecule has 0 heterocycles. The molecule has 0 radical (unpaired) electrons. The maximum Gasteiger partial charge on any atom is 0.338 e. The molecule has 0 aliphatic carbocycles. The number of nitrogens with zero attached hydrogens (tertiary/aromatic N) is 2. The minimum absolute atomic E-state index is 0.331. The molecule has 1 N–H and O–H groups in total. The van der Waals surface area contributed by atoms with Gasteiger partial charge in [0.05, 0.1) is 17.9 Å². The second kappa shape index (κ2) is 7.44. The molecule has 0 aromatic heterocycles. The van der Waals surface area contributed by atoms with Crippen molar-refractivity contribution in [1.29, 1.82) is 5.26 Å². The number of carbonyl (C=O) groups is 1. The zero-order valence-corrected chi connectivity index (χ0v) is 11.9. The van der Waals surface area contributed by atoms with Gasteiger partial charge in [0.2, 0.25) is 0 Å². The van der Waals surface area contributed by atoms with E-state index in [1.54, 1.807) is 25.1 Å². The fourth-order valence-electron chi connectivity index (χ4n) is 1.35. The zero-order chi connectivity index (χ0) is 14.3. The molecule has 100 valence electrons. The lowest BCUT2D eigenvalue weighted by Gasteiger charge is -2.06. The van der Waals surface area contributed by atoms with Gasteiger partial charge >= 0.3 is 5.97 Å². The number of nitriles is 1. The molecule has 5 nitrogen and oxygen atoms in total. The van der Waals surface area contributed by atoms with Gasteiger partial charge < -0.3 is 4.74 Å². The summed E-state index contributed by atoms with van der Waals surface area (Å²) in [6.45, 7) is 3.98. The first-order valence-electron chi connectivity index (χ1n) is 5.68. The van der Waals surface area contributed by atoms with Gasteiger partial charge in [-0.3, -0.25) is 5.32 Å². The van der Waals surface area contributed by atoms with Gasteiger partial charge in [0.1, 0.15) is 0 Å². The molecule has 0 atom stereocenters. The topological polar surface area (TPSA) is 74.5 Å². The highest BCUT2D eigenvalue weighted by atomic mass is 32.2. The number of thioether (sulfide) groups is 1. The normalized spacial score (nSPS) is 10.7. The van der Waals surface area contributed by atoms with Crippen LogP contribution in [0.1, 0.15) is 22.8 Å². The van der Waals surface area contributed by atoms with Crippen LogP contribution in [0.4, 0.5) is 5.69 Å². The van der Waals surface area contributed by atoms with Crippen molar-refractivity contribution < 1.29 is 9.53 Å². The summed E-state index contributed by atoms with van der Waals surface area (Å²) in [5, 5.41) is 11.6. The second-order valence-electron chi connectivity index (χ2n) is 3.58. The maximum atomic E-state index is 11.6. The number of esters is 1. The Kier molecular flexibility index (Phi) is 5.90. The monoisotopic (exact) mass is 277 g/mol. The summed E-state index contributed by atoms with van der Waals surface area (Å²) in [7, 11) is 0. The van der Waals surface area contributed by atoms with Crippen LogP contribution in [-0.2, 0) is 4.74 Å². The van der Waals surface area contributed by atoms with Crippen molar-refractivity contribution >= 4 is 28.6 Å². The summed E-state index contributed by atoms with van der Waals surface area (Å²) in [5.74, 6) is -0.377. The van der Waals surface area contributed by atoms with Crippen molar-refractivity contribution in [2.24, 2.45) is 4.99 Å². The summed E-state index contributed by atoms with van der Waals surface area (Å²) in [6.07, 6.45) is 3.64. The molecule has 0 aliphatic rings. The molecule has 0 unspecified atom stereocenters. The summed E-state index contributed by atoms with van der Waals surface area (Å²) in [5.41, 5.74) is 2.00. The lowest BCUT2D eigenvalue weighted by Crippen LogP contribution is -2.12. The van der Waals surface area contributed by atoms with Crippen LogP contribution in [0.25, 0.3) is 0 Å². The number of carbonyl (C=O) groups excluding carboxylic acids is 1. The summed E-state index contributed by atoms with van der Waals surface area (Å²) >= 11 is 1.32. The Labute approximate surface area is 116 Å². The first-order valence-corrected chi connectivity index (χ1v) is 6.90. The molecule has 0 saturated carbocycles. The van der Waals surface area contributed by atoms with Gasteiger partial charge in [0.25, 0.3) is 0 Å². The van der Waals surface area contributed by atoms with E-state index in [9.17, 15) is 4.79 Å². The SMILES string of the molecule is CCOC(=O)c1ccc(C)c(N=C(NC#N)SC)c1. The van der Waals surface area contributed by atoms with Crippen molar-refractivity contribution in [3.8, 4) is 6.19 Å². The van der Waals surface area contributed by atoms with E-state index in [4.69, 9.17) is 10.00 Å². The van der Waals surface area contributed by atoms with E-state index < -0.39 is 0 Å². The Balaban J connectivity index is 3.10. The Morgan fingerprint density at radius 1 is 1.58 bits per heavy atom. The molecular weight excluding hydrogens is 262 g/mol. The predicted molar refractivity (Wildman–Crippen MR) is 76.5 cm³/mol. The smallest absolute Gasteiger partial charge is 0.338 e. The molecule has 0 aliphatic heterocycles. The molecular formula is C13H15N3O2S. The molecule has 0 fully saturated rings. The highest BCUT2D eigenvalue weighted by Gasteiger charge is 2.09. The number of rotatable bonds is 3. The van der Waals surface area contributed by atoms with E-state index in [0.29, 0.717) is 23.0 Å². The Bertz CT molecular complexity index is 535. The minimum Gasteiger partial charge on any atom is -0.462 e. The van der Waals surface area contributed by atoms with Crippen LogP contribution in [0.15, 0.2) is 23.2 Å². The molecule has 1 rings (SSSR count). The highest BCUT2D eigenvalue weighted by Crippen LogP contribution is 2.22. The van der Waals surface area contributed by atoms with E-state index in [1.165, 1.54) is 11.8 Å². The van der Waals surface area contributed by atoms with Gasteiger partial charge in [-0.05, 0) is 37.8 Å². The number of aliphatic imine (C=N–C) groups is 1. The molecule has 1 aromatic carbocycles.